The van der Waals surface area contributed by atoms with E-state index in [9.17, 15) is 4.79 Å². The molecule has 1 aliphatic rings. The second-order valence-electron chi connectivity index (χ2n) is 4.59. The van der Waals surface area contributed by atoms with Gasteiger partial charge >= 0.3 is 5.97 Å². The Labute approximate surface area is 91.2 Å². The number of carbonyl (C=O) groups is 1. The molecule has 15 heavy (non-hydrogen) atoms. The summed E-state index contributed by atoms with van der Waals surface area (Å²) in [7, 11) is 0. The molecule has 0 aromatic carbocycles. The van der Waals surface area contributed by atoms with E-state index in [0.29, 0.717) is 19.0 Å². The Morgan fingerprint density at radius 3 is 2.67 bits per heavy atom. The Kier molecular flexibility index (Phi) is 5.05. The quantitative estimate of drug-likeness (QED) is 0.645. The maximum absolute atomic E-state index is 10.5. The smallest absolute Gasteiger partial charge is 0.309 e. The van der Waals surface area contributed by atoms with Crippen molar-refractivity contribution < 1.29 is 14.6 Å². The van der Waals surface area contributed by atoms with E-state index >= 15 is 0 Å². The molecule has 1 N–H and O–H groups in total. The molecule has 1 heterocycles. The van der Waals surface area contributed by atoms with Gasteiger partial charge in [0.15, 0.2) is 0 Å². The number of carboxylic acid groups (broad SMARTS) is 1. The maximum Gasteiger partial charge on any atom is 0.309 e. The Morgan fingerprint density at radius 1 is 1.47 bits per heavy atom. The van der Waals surface area contributed by atoms with E-state index in [-0.39, 0.29) is 5.92 Å². The number of aliphatic carboxylic acids is 1. The highest BCUT2D eigenvalue weighted by Crippen LogP contribution is 2.14. The van der Waals surface area contributed by atoms with Gasteiger partial charge in [-0.25, -0.2) is 0 Å². The number of hydrogen-bond acceptors (Lipinski definition) is 3. The highest BCUT2D eigenvalue weighted by atomic mass is 16.5. The first-order chi connectivity index (χ1) is 7.09. The van der Waals surface area contributed by atoms with E-state index in [2.05, 4.69) is 18.7 Å². The van der Waals surface area contributed by atoms with Gasteiger partial charge in [-0.1, -0.05) is 13.8 Å². The van der Waals surface area contributed by atoms with Gasteiger partial charge in [0.1, 0.15) is 0 Å². The van der Waals surface area contributed by atoms with Crippen LogP contribution in [0.4, 0.5) is 0 Å². The van der Waals surface area contributed by atoms with Gasteiger partial charge in [-0.05, 0) is 12.3 Å². The Hall–Kier alpha value is -0.610. The third-order valence-corrected chi connectivity index (χ3v) is 2.70. The molecule has 0 radical (unpaired) electrons. The van der Waals surface area contributed by atoms with Crippen molar-refractivity contribution in [1.82, 2.24) is 4.90 Å². The fraction of sp³-hybridized carbons (Fsp3) is 0.909. The van der Waals surface area contributed by atoms with Crippen LogP contribution in [0.3, 0.4) is 0 Å². The lowest BCUT2D eigenvalue weighted by Gasteiger charge is -2.36. The molecule has 0 spiro atoms. The molecule has 1 aliphatic heterocycles. The van der Waals surface area contributed by atoms with Crippen LogP contribution in [0.5, 0.6) is 0 Å². The van der Waals surface area contributed by atoms with Crippen molar-refractivity contribution in [3.8, 4) is 0 Å². The minimum Gasteiger partial charge on any atom is -0.481 e. The molecular weight excluding hydrogens is 194 g/mol. The maximum atomic E-state index is 10.5. The number of rotatable bonds is 7. The van der Waals surface area contributed by atoms with Crippen molar-refractivity contribution in [2.24, 2.45) is 11.8 Å². The topological polar surface area (TPSA) is 49.8 Å². The van der Waals surface area contributed by atoms with E-state index in [0.717, 1.165) is 26.2 Å². The number of nitrogens with zero attached hydrogens (tertiary/aromatic N) is 1. The van der Waals surface area contributed by atoms with Crippen molar-refractivity contribution in [2.45, 2.75) is 20.3 Å². The number of carboxylic acids is 1. The highest BCUT2D eigenvalue weighted by molar-refractivity contribution is 5.71. The fourth-order valence-electron chi connectivity index (χ4n) is 1.52. The summed E-state index contributed by atoms with van der Waals surface area (Å²) in [5.41, 5.74) is 0. The van der Waals surface area contributed by atoms with Gasteiger partial charge in [-0.15, -0.1) is 0 Å². The second kappa shape index (κ2) is 6.08. The minimum absolute atomic E-state index is 0.152. The third kappa shape index (κ3) is 4.62. The van der Waals surface area contributed by atoms with Gasteiger partial charge in [-0.3, -0.25) is 9.69 Å². The van der Waals surface area contributed by atoms with Gasteiger partial charge in [0.25, 0.3) is 0 Å². The van der Waals surface area contributed by atoms with Crippen molar-refractivity contribution >= 4 is 5.97 Å². The molecule has 4 heteroatoms. The zero-order valence-corrected chi connectivity index (χ0v) is 9.61. The van der Waals surface area contributed by atoms with Gasteiger partial charge in [0, 0.05) is 26.2 Å². The summed E-state index contributed by atoms with van der Waals surface area (Å²) in [4.78, 5) is 12.6. The monoisotopic (exact) mass is 215 g/mol. The summed E-state index contributed by atoms with van der Waals surface area (Å²) < 4.78 is 5.46. The number of likely N-dealkylation sites (tertiary alicyclic amines) is 1. The Morgan fingerprint density at radius 2 is 2.13 bits per heavy atom. The first-order valence-corrected chi connectivity index (χ1v) is 5.62. The summed E-state index contributed by atoms with van der Waals surface area (Å²) in [6.45, 7) is 8.12. The van der Waals surface area contributed by atoms with Crippen LogP contribution in [-0.2, 0) is 9.53 Å². The second-order valence-corrected chi connectivity index (χ2v) is 4.59. The Balaban J connectivity index is 1.88. The molecule has 0 aliphatic carbocycles. The van der Waals surface area contributed by atoms with Crippen LogP contribution in [0, 0.1) is 11.8 Å². The van der Waals surface area contributed by atoms with E-state index in [1.807, 2.05) is 0 Å². The normalized spacial score (nSPS) is 18.1. The van der Waals surface area contributed by atoms with Gasteiger partial charge < -0.3 is 9.84 Å². The average Bonchev–Trinajstić information content (AvgIpc) is 2.06. The predicted octanol–water partition coefficient (Wildman–Crippen LogP) is 1.07. The molecule has 0 amide bonds. The van der Waals surface area contributed by atoms with Crippen LogP contribution >= 0.6 is 0 Å². The van der Waals surface area contributed by atoms with E-state index in [1.54, 1.807) is 0 Å². The van der Waals surface area contributed by atoms with E-state index in [4.69, 9.17) is 9.84 Å². The van der Waals surface area contributed by atoms with Crippen LogP contribution in [0.1, 0.15) is 20.3 Å². The molecule has 0 atom stereocenters. The lowest BCUT2D eigenvalue weighted by molar-refractivity contribution is -0.147. The molecule has 0 aromatic rings. The standard InChI is InChI=1S/C11H21NO3/c1-9(2)3-5-15-6-4-12-7-10(8-12)11(13)14/h9-10H,3-8H2,1-2H3,(H,13,14). The largest absolute Gasteiger partial charge is 0.481 e. The molecule has 1 saturated heterocycles. The van der Waals surface area contributed by atoms with Crippen LogP contribution < -0.4 is 0 Å². The summed E-state index contributed by atoms with van der Waals surface area (Å²) >= 11 is 0. The SMILES string of the molecule is CC(C)CCOCCN1CC(C(=O)O)C1. The molecule has 0 unspecified atom stereocenters. The van der Waals surface area contributed by atoms with Gasteiger partial charge in [0.2, 0.25) is 0 Å². The summed E-state index contributed by atoms with van der Waals surface area (Å²) in [6, 6.07) is 0. The number of hydrogen-bond donors (Lipinski definition) is 1. The van der Waals surface area contributed by atoms with Crippen molar-refractivity contribution in [2.75, 3.05) is 32.8 Å². The van der Waals surface area contributed by atoms with E-state index < -0.39 is 5.97 Å². The first kappa shape index (κ1) is 12.5. The van der Waals surface area contributed by atoms with Gasteiger partial charge in [0.05, 0.1) is 12.5 Å². The average molecular weight is 215 g/mol. The summed E-state index contributed by atoms with van der Waals surface area (Å²) in [5, 5.41) is 8.66. The number of ether oxygens (including phenoxy) is 1. The molecular formula is C11H21NO3. The summed E-state index contributed by atoms with van der Waals surface area (Å²) in [5.74, 6) is -0.141. The Bertz CT molecular complexity index is 200. The minimum atomic E-state index is -0.674. The van der Waals surface area contributed by atoms with Gasteiger partial charge in [-0.2, -0.15) is 0 Å². The zero-order valence-electron chi connectivity index (χ0n) is 9.61. The molecule has 1 fully saturated rings. The van der Waals surface area contributed by atoms with Crippen LogP contribution in [0.2, 0.25) is 0 Å². The molecule has 4 nitrogen and oxygen atoms in total. The van der Waals surface area contributed by atoms with Crippen LogP contribution in [0.15, 0.2) is 0 Å². The van der Waals surface area contributed by atoms with E-state index in [1.165, 1.54) is 0 Å². The van der Waals surface area contributed by atoms with Crippen molar-refractivity contribution in [3.05, 3.63) is 0 Å². The predicted molar refractivity (Wildman–Crippen MR) is 57.8 cm³/mol. The van der Waals surface area contributed by atoms with Crippen molar-refractivity contribution in [1.29, 1.82) is 0 Å². The fourth-order valence-corrected chi connectivity index (χ4v) is 1.52. The lowest BCUT2D eigenvalue weighted by atomic mass is 10.0. The third-order valence-electron chi connectivity index (χ3n) is 2.70. The molecule has 88 valence electrons. The zero-order chi connectivity index (χ0) is 11.3. The van der Waals surface area contributed by atoms with Crippen LogP contribution in [0.25, 0.3) is 0 Å². The molecule has 0 bridgehead atoms. The highest BCUT2D eigenvalue weighted by Gasteiger charge is 2.31. The van der Waals surface area contributed by atoms with Crippen molar-refractivity contribution in [3.63, 3.8) is 0 Å². The van der Waals surface area contributed by atoms with Crippen LogP contribution in [-0.4, -0.2) is 48.8 Å². The summed E-state index contributed by atoms with van der Waals surface area (Å²) in [6.07, 6.45) is 1.09. The molecule has 0 saturated carbocycles. The molecule has 1 rings (SSSR count). The molecule has 0 aromatic heterocycles. The lowest BCUT2D eigenvalue weighted by Crippen LogP contribution is -2.51. The first-order valence-electron chi connectivity index (χ1n) is 5.62.